The van der Waals surface area contributed by atoms with Crippen LogP contribution >= 0.6 is 11.8 Å². The molecule has 4 nitrogen and oxygen atoms in total. The zero-order valence-electron chi connectivity index (χ0n) is 10.8. The van der Waals surface area contributed by atoms with Crippen LogP contribution < -0.4 is 5.32 Å². The molecule has 2 aromatic rings. The molecule has 2 aromatic carbocycles. The molecule has 0 aliphatic carbocycles. The van der Waals surface area contributed by atoms with Gasteiger partial charge in [-0.15, -0.1) is 11.8 Å². The van der Waals surface area contributed by atoms with Gasteiger partial charge < -0.3 is 10.4 Å². The smallest absolute Gasteiger partial charge is 0.335 e. The number of carboxylic acids is 1. The lowest BCUT2D eigenvalue weighted by Crippen LogP contribution is -2.12. The number of hydrogen-bond acceptors (Lipinski definition) is 3. The number of benzene rings is 2. The maximum absolute atomic E-state index is 12.1. The Morgan fingerprint density at radius 1 is 1.05 bits per heavy atom. The maximum atomic E-state index is 12.1. The van der Waals surface area contributed by atoms with Crippen molar-refractivity contribution in [2.45, 2.75) is 4.90 Å². The number of rotatable bonds is 4. The molecule has 0 saturated heterocycles. The zero-order valence-corrected chi connectivity index (χ0v) is 11.6. The minimum Gasteiger partial charge on any atom is -0.478 e. The average Bonchev–Trinajstić information content (AvgIpc) is 2.47. The Bertz CT molecular complexity index is 638. The van der Waals surface area contributed by atoms with Gasteiger partial charge in [0.15, 0.2) is 0 Å². The molecular weight excluding hydrogens is 274 g/mol. The Labute approximate surface area is 120 Å². The minimum absolute atomic E-state index is 0.187. The van der Waals surface area contributed by atoms with E-state index in [4.69, 9.17) is 5.11 Å². The molecule has 0 atom stereocenters. The summed E-state index contributed by atoms with van der Waals surface area (Å²) in [6.07, 6.45) is 1.95. The van der Waals surface area contributed by atoms with Gasteiger partial charge in [0, 0.05) is 16.1 Å². The number of hydrogen-bond donors (Lipinski definition) is 2. The van der Waals surface area contributed by atoms with Crippen LogP contribution in [0.15, 0.2) is 53.4 Å². The topological polar surface area (TPSA) is 66.4 Å². The number of anilines is 1. The average molecular weight is 287 g/mol. The normalized spacial score (nSPS) is 10.1. The van der Waals surface area contributed by atoms with Gasteiger partial charge in [0.2, 0.25) is 0 Å². The van der Waals surface area contributed by atoms with Gasteiger partial charge in [0.05, 0.1) is 5.56 Å². The Morgan fingerprint density at radius 3 is 2.35 bits per heavy atom. The standard InChI is InChI=1S/C15H13NO3S/c1-20-13-4-2-3-11(9-13)14(17)16-12-7-5-10(6-8-12)15(18)19/h2-9H,1H3,(H,16,17)(H,18,19). The number of carbonyl (C=O) groups excluding carboxylic acids is 1. The molecule has 0 unspecified atom stereocenters. The highest BCUT2D eigenvalue weighted by Gasteiger charge is 2.07. The largest absolute Gasteiger partial charge is 0.478 e. The van der Waals surface area contributed by atoms with E-state index in [1.54, 1.807) is 30.0 Å². The molecule has 0 fully saturated rings. The summed E-state index contributed by atoms with van der Waals surface area (Å²) in [5.74, 6) is -1.21. The summed E-state index contributed by atoms with van der Waals surface area (Å²) in [5.41, 5.74) is 1.32. The van der Waals surface area contributed by atoms with Crippen molar-refractivity contribution in [2.75, 3.05) is 11.6 Å². The van der Waals surface area contributed by atoms with Crippen LogP contribution in [0.5, 0.6) is 0 Å². The van der Waals surface area contributed by atoms with E-state index in [1.165, 1.54) is 12.1 Å². The highest BCUT2D eigenvalue weighted by atomic mass is 32.2. The second kappa shape index (κ2) is 6.25. The molecule has 0 aromatic heterocycles. The third kappa shape index (κ3) is 3.39. The van der Waals surface area contributed by atoms with Crippen LogP contribution in [0, 0.1) is 0 Å². The van der Waals surface area contributed by atoms with Crippen molar-refractivity contribution in [1.29, 1.82) is 0 Å². The van der Waals surface area contributed by atoms with E-state index in [2.05, 4.69) is 5.32 Å². The van der Waals surface area contributed by atoms with Crippen LogP contribution in [0.3, 0.4) is 0 Å². The number of thioether (sulfide) groups is 1. The highest BCUT2D eigenvalue weighted by Crippen LogP contribution is 2.17. The molecule has 0 bridgehead atoms. The summed E-state index contributed by atoms with van der Waals surface area (Å²) in [6.45, 7) is 0. The molecule has 0 saturated carbocycles. The van der Waals surface area contributed by atoms with Gasteiger partial charge in [-0.2, -0.15) is 0 Å². The van der Waals surface area contributed by atoms with Crippen molar-refractivity contribution in [2.24, 2.45) is 0 Å². The second-order valence-corrected chi connectivity index (χ2v) is 4.95. The van der Waals surface area contributed by atoms with Gasteiger partial charge in [-0.05, 0) is 48.7 Å². The van der Waals surface area contributed by atoms with Gasteiger partial charge in [0.25, 0.3) is 5.91 Å². The molecule has 5 heteroatoms. The van der Waals surface area contributed by atoms with Crippen molar-refractivity contribution >= 4 is 29.3 Å². The molecule has 0 aliphatic heterocycles. The van der Waals surface area contributed by atoms with Crippen molar-refractivity contribution in [1.82, 2.24) is 0 Å². The molecule has 0 heterocycles. The molecular formula is C15H13NO3S. The van der Waals surface area contributed by atoms with E-state index in [0.717, 1.165) is 4.90 Å². The van der Waals surface area contributed by atoms with E-state index in [0.29, 0.717) is 11.3 Å². The van der Waals surface area contributed by atoms with Gasteiger partial charge in [-0.25, -0.2) is 4.79 Å². The van der Waals surface area contributed by atoms with Gasteiger partial charge in [0.1, 0.15) is 0 Å². The quantitative estimate of drug-likeness (QED) is 0.846. The summed E-state index contributed by atoms with van der Waals surface area (Å²) in [6, 6.07) is 13.4. The van der Waals surface area contributed by atoms with Crippen molar-refractivity contribution in [3.05, 3.63) is 59.7 Å². The summed E-state index contributed by atoms with van der Waals surface area (Å²) < 4.78 is 0. The number of carbonyl (C=O) groups is 2. The first-order chi connectivity index (χ1) is 9.60. The second-order valence-electron chi connectivity index (χ2n) is 4.07. The van der Waals surface area contributed by atoms with Crippen molar-refractivity contribution in [3.63, 3.8) is 0 Å². The predicted molar refractivity (Wildman–Crippen MR) is 79.6 cm³/mol. The predicted octanol–water partition coefficient (Wildman–Crippen LogP) is 3.36. The molecule has 0 aliphatic rings. The monoisotopic (exact) mass is 287 g/mol. The first kappa shape index (κ1) is 14.1. The van der Waals surface area contributed by atoms with E-state index in [9.17, 15) is 9.59 Å². The van der Waals surface area contributed by atoms with Crippen molar-refractivity contribution in [3.8, 4) is 0 Å². The van der Waals surface area contributed by atoms with E-state index in [-0.39, 0.29) is 11.5 Å². The third-order valence-electron chi connectivity index (χ3n) is 2.72. The number of carboxylic acid groups (broad SMARTS) is 1. The molecule has 0 radical (unpaired) electrons. The van der Waals surface area contributed by atoms with Crippen LogP contribution in [-0.2, 0) is 0 Å². The maximum Gasteiger partial charge on any atom is 0.335 e. The summed E-state index contributed by atoms with van der Waals surface area (Å²) >= 11 is 1.57. The first-order valence-electron chi connectivity index (χ1n) is 5.89. The fourth-order valence-corrected chi connectivity index (χ4v) is 2.12. The van der Waals surface area contributed by atoms with Crippen LogP contribution in [0.4, 0.5) is 5.69 Å². The molecule has 0 spiro atoms. The molecule has 102 valence electrons. The van der Waals surface area contributed by atoms with Gasteiger partial charge in [-0.1, -0.05) is 6.07 Å². The van der Waals surface area contributed by atoms with Gasteiger partial charge >= 0.3 is 5.97 Å². The lowest BCUT2D eigenvalue weighted by molar-refractivity contribution is 0.0696. The molecule has 1 amide bonds. The highest BCUT2D eigenvalue weighted by molar-refractivity contribution is 7.98. The Hall–Kier alpha value is -2.27. The summed E-state index contributed by atoms with van der Waals surface area (Å²) in [4.78, 5) is 23.8. The van der Waals surface area contributed by atoms with Crippen molar-refractivity contribution < 1.29 is 14.7 Å². The fraction of sp³-hybridized carbons (Fsp3) is 0.0667. The summed E-state index contributed by atoms with van der Waals surface area (Å²) in [5, 5.41) is 11.5. The Morgan fingerprint density at radius 2 is 1.75 bits per heavy atom. The Kier molecular flexibility index (Phi) is 4.42. The first-order valence-corrected chi connectivity index (χ1v) is 7.11. The van der Waals surface area contributed by atoms with Crippen LogP contribution in [0.25, 0.3) is 0 Å². The van der Waals surface area contributed by atoms with E-state index in [1.807, 2.05) is 24.5 Å². The molecule has 20 heavy (non-hydrogen) atoms. The number of aromatic carboxylic acids is 1. The van der Waals surface area contributed by atoms with Gasteiger partial charge in [-0.3, -0.25) is 4.79 Å². The molecule has 2 N–H and O–H groups in total. The lowest BCUT2D eigenvalue weighted by Gasteiger charge is -2.06. The number of amides is 1. The number of nitrogens with one attached hydrogen (secondary N) is 1. The van der Waals surface area contributed by atoms with Crippen LogP contribution in [0.2, 0.25) is 0 Å². The van der Waals surface area contributed by atoms with E-state index >= 15 is 0 Å². The van der Waals surface area contributed by atoms with Crippen LogP contribution in [-0.4, -0.2) is 23.2 Å². The Balaban J connectivity index is 2.12. The SMILES string of the molecule is CSc1cccc(C(=O)Nc2ccc(C(=O)O)cc2)c1. The minimum atomic E-state index is -0.990. The zero-order chi connectivity index (χ0) is 14.5. The van der Waals surface area contributed by atoms with E-state index < -0.39 is 5.97 Å². The molecule has 2 rings (SSSR count). The fourth-order valence-electron chi connectivity index (χ4n) is 1.66. The van der Waals surface area contributed by atoms with Crippen LogP contribution in [0.1, 0.15) is 20.7 Å². The third-order valence-corrected chi connectivity index (χ3v) is 3.45. The lowest BCUT2D eigenvalue weighted by atomic mass is 10.2. The summed E-state index contributed by atoms with van der Waals surface area (Å²) in [7, 11) is 0.